The van der Waals surface area contributed by atoms with Crippen LogP contribution in [0, 0.1) is 6.92 Å². The average molecular weight is 370 g/mol. The van der Waals surface area contributed by atoms with Gasteiger partial charge < -0.3 is 9.64 Å². The maximum Gasteiger partial charge on any atom is 0.176 e. The standard InChI is InChI=1S/C19H20ClN5O/c1-12-4-6-16-14(10-12)19(2,26-3)15-11-13(20)5-7-17(15)25(16)9-8-18-21-23-24-22-18/h4-7,10-11H,8-9H2,1-3H3,(H,21,22,23,24). The van der Waals surface area contributed by atoms with Gasteiger partial charge in [-0.1, -0.05) is 34.5 Å². The van der Waals surface area contributed by atoms with Gasteiger partial charge in [0.2, 0.25) is 0 Å². The number of tetrazole rings is 1. The lowest BCUT2D eigenvalue weighted by molar-refractivity contribution is 0.0385. The molecule has 0 fully saturated rings. The normalized spacial score (nSPS) is 18.5. The molecule has 6 nitrogen and oxygen atoms in total. The van der Waals surface area contributed by atoms with Gasteiger partial charge in [0.15, 0.2) is 5.82 Å². The van der Waals surface area contributed by atoms with E-state index in [0.29, 0.717) is 17.3 Å². The summed E-state index contributed by atoms with van der Waals surface area (Å²) in [6.07, 6.45) is 0.676. The van der Waals surface area contributed by atoms with Crippen LogP contribution in [0.5, 0.6) is 0 Å². The molecule has 0 spiro atoms. The third kappa shape index (κ3) is 2.66. The smallest absolute Gasteiger partial charge is 0.176 e. The molecule has 0 radical (unpaired) electrons. The average Bonchev–Trinajstić information content (AvgIpc) is 3.16. The van der Waals surface area contributed by atoms with Crippen molar-refractivity contribution < 1.29 is 4.74 Å². The van der Waals surface area contributed by atoms with Gasteiger partial charge in [0, 0.05) is 47.6 Å². The molecule has 1 N–H and O–H groups in total. The Morgan fingerprint density at radius 2 is 1.88 bits per heavy atom. The van der Waals surface area contributed by atoms with Gasteiger partial charge in [0.25, 0.3) is 0 Å². The van der Waals surface area contributed by atoms with E-state index >= 15 is 0 Å². The predicted molar refractivity (Wildman–Crippen MR) is 101 cm³/mol. The maximum atomic E-state index is 6.32. The summed E-state index contributed by atoms with van der Waals surface area (Å²) in [5.41, 5.74) is 5.01. The molecule has 0 amide bonds. The van der Waals surface area contributed by atoms with Crippen LogP contribution in [0.4, 0.5) is 11.4 Å². The molecule has 1 atom stereocenters. The number of nitrogens with one attached hydrogen (secondary N) is 1. The number of methoxy groups -OCH3 is 1. The van der Waals surface area contributed by atoms with Crippen LogP contribution < -0.4 is 4.90 Å². The van der Waals surface area contributed by atoms with Crippen molar-refractivity contribution >= 4 is 23.0 Å². The molecule has 2 heterocycles. The Labute approximate surface area is 157 Å². The van der Waals surface area contributed by atoms with Gasteiger partial charge in [-0.05, 0) is 38.1 Å². The van der Waals surface area contributed by atoms with Crippen molar-refractivity contribution in [2.45, 2.75) is 25.9 Å². The van der Waals surface area contributed by atoms with Gasteiger partial charge in [-0.2, -0.15) is 5.21 Å². The first-order valence-corrected chi connectivity index (χ1v) is 8.87. The van der Waals surface area contributed by atoms with Gasteiger partial charge in [-0.15, -0.1) is 10.2 Å². The first kappa shape index (κ1) is 17.0. The topological polar surface area (TPSA) is 66.9 Å². The van der Waals surface area contributed by atoms with Crippen molar-refractivity contribution in [3.05, 3.63) is 63.9 Å². The summed E-state index contributed by atoms with van der Waals surface area (Å²) in [4.78, 5) is 2.28. The minimum absolute atomic E-state index is 0.565. The number of H-pyrrole nitrogens is 1. The number of halogens is 1. The van der Waals surface area contributed by atoms with E-state index in [9.17, 15) is 0 Å². The van der Waals surface area contributed by atoms with Crippen LogP contribution in [0.15, 0.2) is 36.4 Å². The van der Waals surface area contributed by atoms with Crippen molar-refractivity contribution in [2.75, 3.05) is 18.6 Å². The molecule has 0 saturated carbocycles. The fourth-order valence-electron chi connectivity index (χ4n) is 3.63. The third-order valence-corrected chi connectivity index (χ3v) is 5.31. The molecule has 1 aromatic heterocycles. The Bertz CT molecular complexity index is 888. The van der Waals surface area contributed by atoms with Crippen molar-refractivity contribution in [1.82, 2.24) is 20.6 Å². The Hall–Kier alpha value is -2.44. The lowest BCUT2D eigenvalue weighted by atomic mass is 9.81. The van der Waals surface area contributed by atoms with Crippen LogP contribution in [0.3, 0.4) is 0 Å². The van der Waals surface area contributed by atoms with Gasteiger partial charge in [0.05, 0.1) is 0 Å². The lowest BCUT2D eigenvalue weighted by Gasteiger charge is -2.43. The van der Waals surface area contributed by atoms with Gasteiger partial charge in [0.1, 0.15) is 5.60 Å². The van der Waals surface area contributed by atoms with Crippen molar-refractivity contribution in [2.24, 2.45) is 0 Å². The highest BCUT2D eigenvalue weighted by molar-refractivity contribution is 6.30. The summed E-state index contributed by atoms with van der Waals surface area (Å²) >= 11 is 6.32. The van der Waals surface area contributed by atoms with Crippen LogP contribution in [0.1, 0.15) is 29.4 Å². The lowest BCUT2D eigenvalue weighted by Crippen LogP contribution is -2.37. The van der Waals surface area contributed by atoms with E-state index in [-0.39, 0.29) is 0 Å². The monoisotopic (exact) mass is 369 g/mol. The van der Waals surface area contributed by atoms with Crippen LogP contribution >= 0.6 is 11.6 Å². The Kier molecular flexibility index (Phi) is 4.17. The predicted octanol–water partition coefficient (Wildman–Crippen LogP) is 3.77. The summed E-state index contributed by atoms with van der Waals surface area (Å²) in [5, 5.41) is 15.0. The van der Waals surface area contributed by atoms with Crippen molar-refractivity contribution in [3.63, 3.8) is 0 Å². The number of rotatable bonds is 4. The highest BCUT2D eigenvalue weighted by Gasteiger charge is 2.40. The molecule has 1 aliphatic rings. The Balaban J connectivity index is 1.86. The summed E-state index contributed by atoms with van der Waals surface area (Å²) in [5.74, 6) is 0.689. The minimum Gasteiger partial charge on any atom is -0.369 e. The molecule has 7 heteroatoms. The fraction of sp³-hybridized carbons (Fsp3) is 0.316. The Morgan fingerprint density at radius 1 is 1.15 bits per heavy atom. The molecular formula is C19H20ClN5O. The maximum absolute atomic E-state index is 6.32. The third-order valence-electron chi connectivity index (χ3n) is 5.08. The van der Waals surface area contributed by atoms with E-state index in [2.05, 4.69) is 57.6 Å². The molecular weight excluding hydrogens is 350 g/mol. The molecule has 1 unspecified atom stereocenters. The molecule has 26 heavy (non-hydrogen) atoms. The van der Waals surface area contributed by atoms with E-state index in [1.54, 1.807) is 7.11 Å². The fourth-order valence-corrected chi connectivity index (χ4v) is 3.80. The summed E-state index contributed by atoms with van der Waals surface area (Å²) in [7, 11) is 1.74. The number of hydrogen-bond acceptors (Lipinski definition) is 5. The zero-order valence-corrected chi connectivity index (χ0v) is 15.7. The van der Waals surface area contributed by atoms with Crippen LogP contribution in [-0.4, -0.2) is 34.3 Å². The molecule has 0 aliphatic carbocycles. The molecule has 0 saturated heterocycles. The highest BCUT2D eigenvalue weighted by atomic mass is 35.5. The second-order valence-electron chi connectivity index (χ2n) is 6.65. The summed E-state index contributed by atoms with van der Waals surface area (Å²) in [6, 6.07) is 12.4. The number of ether oxygens (including phenoxy) is 1. The number of hydrogen-bond donors (Lipinski definition) is 1. The number of fused-ring (bicyclic) bond motifs is 2. The largest absolute Gasteiger partial charge is 0.369 e. The van der Waals surface area contributed by atoms with Gasteiger partial charge in [-0.3, -0.25) is 0 Å². The van der Waals surface area contributed by atoms with E-state index in [1.807, 2.05) is 18.2 Å². The van der Waals surface area contributed by atoms with Crippen LogP contribution in [0.25, 0.3) is 0 Å². The highest BCUT2D eigenvalue weighted by Crippen LogP contribution is 2.50. The quantitative estimate of drug-likeness (QED) is 0.758. The number of aryl methyl sites for hydroxylation is 1. The number of aromatic amines is 1. The van der Waals surface area contributed by atoms with E-state index in [4.69, 9.17) is 16.3 Å². The molecule has 3 aromatic rings. The second-order valence-corrected chi connectivity index (χ2v) is 7.09. The molecule has 0 bridgehead atoms. The minimum atomic E-state index is -0.565. The summed E-state index contributed by atoms with van der Waals surface area (Å²) in [6.45, 7) is 4.91. The first-order chi connectivity index (χ1) is 12.5. The second kappa shape index (κ2) is 6.37. The zero-order valence-electron chi connectivity index (χ0n) is 15.0. The van der Waals surface area contributed by atoms with E-state index in [0.717, 1.165) is 29.0 Å². The van der Waals surface area contributed by atoms with Crippen molar-refractivity contribution in [1.29, 1.82) is 0 Å². The molecule has 2 aromatic carbocycles. The molecule has 1 aliphatic heterocycles. The van der Waals surface area contributed by atoms with Crippen molar-refractivity contribution in [3.8, 4) is 0 Å². The number of anilines is 2. The van der Waals surface area contributed by atoms with Gasteiger partial charge in [-0.25, -0.2) is 0 Å². The first-order valence-electron chi connectivity index (χ1n) is 8.49. The van der Waals surface area contributed by atoms with E-state index < -0.39 is 5.60 Å². The number of aromatic nitrogens is 4. The van der Waals surface area contributed by atoms with Gasteiger partial charge >= 0.3 is 0 Å². The molecule has 134 valence electrons. The Morgan fingerprint density at radius 3 is 2.58 bits per heavy atom. The zero-order chi connectivity index (χ0) is 18.3. The summed E-state index contributed by atoms with van der Waals surface area (Å²) < 4.78 is 6.02. The number of nitrogens with zero attached hydrogens (tertiary/aromatic N) is 4. The SMILES string of the molecule is COC1(C)c2cc(C)ccc2N(CCc2nn[nH]n2)c2ccc(Cl)cc21. The van der Waals surface area contributed by atoms with Crippen LogP contribution in [-0.2, 0) is 16.8 Å². The van der Waals surface area contributed by atoms with Crippen LogP contribution in [0.2, 0.25) is 5.02 Å². The van der Waals surface area contributed by atoms with E-state index in [1.165, 1.54) is 5.56 Å². The number of benzene rings is 2. The molecule has 4 rings (SSSR count).